The molecule has 0 aromatic heterocycles. The molecule has 0 radical (unpaired) electrons. The predicted octanol–water partition coefficient (Wildman–Crippen LogP) is 0.0493. The predicted molar refractivity (Wildman–Crippen MR) is 64.8 cm³/mol. The van der Waals surface area contributed by atoms with Crippen LogP contribution in [0.3, 0.4) is 0 Å². The minimum Gasteiger partial charge on any atom is -0.487 e. The molecule has 1 heterocycles. The van der Waals surface area contributed by atoms with Crippen molar-refractivity contribution in [1.82, 2.24) is 0 Å². The lowest BCUT2D eigenvalue weighted by molar-refractivity contribution is -0.143. The van der Waals surface area contributed by atoms with Gasteiger partial charge in [-0.15, -0.1) is 0 Å². The molecule has 0 saturated heterocycles. The second-order valence-corrected chi connectivity index (χ2v) is 4.13. The summed E-state index contributed by atoms with van der Waals surface area (Å²) in [5, 5.41) is 17.6. The molecule has 8 heteroatoms. The number of ether oxygens (including phenoxy) is 3. The van der Waals surface area contributed by atoms with E-state index in [-0.39, 0.29) is 12.5 Å². The lowest BCUT2D eigenvalue weighted by Gasteiger charge is -2.21. The van der Waals surface area contributed by atoms with Crippen LogP contribution in [0.5, 0.6) is 17.2 Å². The van der Waals surface area contributed by atoms with Crippen LogP contribution in [-0.4, -0.2) is 41.1 Å². The fourth-order valence-electron chi connectivity index (χ4n) is 1.70. The summed E-state index contributed by atoms with van der Waals surface area (Å²) in [4.78, 5) is 21.6. The maximum Gasteiger partial charge on any atom is 0.324 e. The van der Waals surface area contributed by atoms with Gasteiger partial charge in [-0.25, -0.2) is 0 Å². The van der Waals surface area contributed by atoms with Crippen LogP contribution in [-0.2, 0) is 9.59 Å². The molecule has 2 rings (SSSR count). The molecule has 4 N–H and O–H groups in total. The minimum absolute atomic E-state index is 0.0893. The Morgan fingerprint density at radius 2 is 2.00 bits per heavy atom. The number of rotatable bonds is 6. The van der Waals surface area contributed by atoms with Gasteiger partial charge in [-0.05, 0) is 12.1 Å². The second-order valence-electron chi connectivity index (χ2n) is 4.13. The fourth-order valence-corrected chi connectivity index (χ4v) is 1.70. The summed E-state index contributed by atoms with van der Waals surface area (Å²) in [6, 6.07) is 3.15. The molecule has 0 saturated carbocycles. The molecular weight excluding hydrogens is 270 g/mol. The molecule has 1 aromatic rings. The van der Waals surface area contributed by atoms with Crippen LogP contribution in [0.1, 0.15) is 6.42 Å². The van der Waals surface area contributed by atoms with Gasteiger partial charge in [0.25, 0.3) is 0 Å². The maximum atomic E-state index is 10.9. The highest BCUT2D eigenvalue weighted by Crippen LogP contribution is 2.35. The van der Waals surface area contributed by atoms with Gasteiger partial charge >= 0.3 is 11.9 Å². The summed E-state index contributed by atoms with van der Waals surface area (Å²) in [5.41, 5.74) is 5.43. The van der Waals surface area contributed by atoms with E-state index in [1.54, 1.807) is 6.07 Å². The molecule has 0 spiro atoms. The Labute approximate surface area is 113 Å². The van der Waals surface area contributed by atoms with E-state index in [9.17, 15) is 9.59 Å². The fraction of sp³-hybridized carbons (Fsp3) is 0.333. The third kappa shape index (κ3) is 3.09. The number of hydrogen-bond acceptors (Lipinski definition) is 6. The first-order chi connectivity index (χ1) is 9.47. The smallest absolute Gasteiger partial charge is 0.324 e. The van der Waals surface area contributed by atoms with Gasteiger partial charge in [-0.1, -0.05) is 0 Å². The van der Waals surface area contributed by atoms with Crippen molar-refractivity contribution in [2.75, 3.05) is 6.79 Å². The molecule has 108 valence electrons. The van der Waals surface area contributed by atoms with E-state index in [2.05, 4.69) is 0 Å². The average Bonchev–Trinajstić information content (AvgIpc) is 2.83. The van der Waals surface area contributed by atoms with E-state index in [1.165, 1.54) is 12.1 Å². The van der Waals surface area contributed by atoms with Gasteiger partial charge in [0, 0.05) is 6.07 Å². The number of aliphatic carboxylic acids is 2. The highest BCUT2D eigenvalue weighted by atomic mass is 16.7. The lowest BCUT2D eigenvalue weighted by Crippen LogP contribution is -2.46. The molecule has 1 aliphatic rings. The van der Waals surface area contributed by atoms with E-state index in [4.69, 9.17) is 30.2 Å². The first-order valence-electron chi connectivity index (χ1n) is 5.74. The molecular formula is C12H13NO7. The summed E-state index contributed by atoms with van der Waals surface area (Å²) in [5.74, 6) is -1.29. The molecule has 20 heavy (non-hydrogen) atoms. The molecule has 0 aliphatic carbocycles. The van der Waals surface area contributed by atoms with Crippen LogP contribution in [0.4, 0.5) is 0 Å². The van der Waals surface area contributed by atoms with Crippen molar-refractivity contribution in [2.24, 2.45) is 5.73 Å². The Bertz CT molecular complexity index is 531. The molecule has 0 fully saturated rings. The first-order valence-corrected chi connectivity index (χ1v) is 5.74. The van der Waals surface area contributed by atoms with Crippen molar-refractivity contribution in [3.8, 4) is 17.2 Å². The van der Waals surface area contributed by atoms with Gasteiger partial charge in [-0.3, -0.25) is 9.59 Å². The van der Waals surface area contributed by atoms with E-state index in [1.807, 2.05) is 0 Å². The lowest BCUT2D eigenvalue weighted by atomic mass is 10.1. The van der Waals surface area contributed by atoms with Crippen LogP contribution in [0.2, 0.25) is 0 Å². The normalized spacial score (nSPS) is 15.4. The zero-order valence-electron chi connectivity index (χ0n) is 10.3. The summed E-state index contributed by atoms with van der Waals surface area (Å²) in [6.45, 7) is 0.0893. The van der Waals surface area contributed by atoms with Gasteiger partial charge in [-0.2, -0.15) is 0 Å². The standard InChI is InChI=1S/C12H13NO7/c13-11(12(16)17)9(4-10(14)15)20-6-1-2-7-8(3-6)19-5-18-7/h1-3,9,11H,4-5,13H2,(H,14,15)(H,16,17)/t9?,11-/m0/s1. The highest BCUT2D eigenvalue weighted by Gasteiger charge is 2.29. The number of fused-ring (bicyclic) bond motifs is 1. The monoisotopic (exact) mass is 283 g/mol. The van der Waals surface area contributed by atoms with Crippen molar-refractivity contribution in [3.05, 3.63) is 18.2 Å². The molecule has 0 bridgehead atoms. The van der Waals surface area contributed by atoms with E-state index in [0.29, 0.717) is 11.5 Å². The largest absolute Gasteiger partial charge is 0.487 e. The topological polar surface area (TPSA) is 128 Å². The number of benzene rings is 1. The van der Waals surface area contributed by atoms with Crippen molar-refractivity contribution < 1.29 is 34.0 Å². The van der Waals surface area contributed by atoms with Crippen molar-refractivity contribution >= 4 is 11.9 Å². The van der Waals surface area contributed by atoms with Gasteiger partial charge < -0.3 is 30.2 Å². The highest BCUT2D eigenvalue weighted by molar-refractivity contribution is 5.76. The van der Waals surface area contributed by atoms with Crippen molar-refractivity contribution in [1.29, 1.82) is 0 Å². The van der Waals surface area contributed by atoms with Crippen LogP contribution >= 0.6 is 0 Å². The zero-order chi connectivity index (χ0) is 14.7. The molecule has 0 amide bonds. The summed E-state index contributed by atoms with van der Waals surface area (Å²) >= 11 is 0. The van der Waals surface area contributed by atoms with Gasteiger partial charge in [0.15, 0.2) is 11.5 Å². The molecule has 1 unspecified atom stereocenters. The first kappa shape index (κ1) is 13.9. The third-order valence-corrected chi connectivity index (χ3v) is 2.69. The van der Waals surface area contributed by atoms with Crippen LogP contribution in [0.25, 0.3) is 0 Å². The molecule has 1 aliphatic heterocycles. The van der Waals surface area contributed by atoms with E-state index >= 15 is 0 Å². The van der Waals surface area contributed by atoms with Crippen LogP contribution < -0.4 is 19.9 Å². The Morgan fingerprint density at radius 3 is 2.65 bits per heavy atom. The van der Waals surface area contributed by atoms with Crippen molar-refractivity contribution in [2.45, 2.75) is 18.6 Å². The summed E-state index contributed by atoms with van der Waals surface area (Å²) < 4.78 is 15.6. The number of carbonyl (C=O) groups is 2. The van der Waals surface area contributed by atoms with Crippen LogP contribution in [0.15, 0.2) is 18.2 Å². The molecule has 8 nitrogen and oxygen atoms in total. The Kier molecular flexibility index (Phi) is 3.94. The Morgan fingerprint density at radius 1 is 1.30 bits per heavy atom. The third-order valence-electron chi connectivity index (χ3n) is 2.69. The maximum absolute atomic E-state index is 10.9. The summed E-state index contributed by atoms with van der Waals surface area (Å²) in [7, 11) is 0. The van der Waals surface area contributed by atoms with Gasteiger partial charge in [0.05, 0.1) is 6.42 Å². The van der Waals surface area contributed by atoms with Gasteiger partial charge in [0.1, 0.15) is 17.9 Å². The Balaban J connectivity index is 2.14. The zero-order valence-corrected chi connectivity index (χ0v) is 10.3. The molecule has 1 aromatic carbocycles. The SMILES string of the molecule is N[C@H](C(=O)O)C(CC(=O)O)Oc1ccc2c(c1)OCO2. The average molecular weight is 283 g/mol. The van der Waals surface area contributed by atoms with Gasteiger partial charge in [0.2, 0.25) is 6.79 Å². The quantitative estimate of drug-likeness (QED) is 0.668. The number of nitrogens with two attached hydrogens (primary N) is 1. The van der Waals surface area contributed by atoms with E-state index in [0.717, 1.165) is 0 Å². The molecule has 2 atom stereocenters. The number of carboxylic acids is 2. The minimum atomic E-state index is -1.45. The van der Waals surface area contributed by atoms with Crippen LogP contribution in [0, 0.1) is 0 Å². The second kappa shape index (κ2) is 5.66. The Hall–Kier alpha value is -2.48. The summed E-state index contributed by atoms with van der Waals surface area (Å²) in [6.07, 6.45) is -1.72. The van der Waals surface area contributed by atoms with Crippen molar-refractivity contribution in [3.63, 3.8) is 0 Å². The number of carboxylic acid groups (broad SMARTS) is 2. The van der Waals surface area contributed by atoms with E-state index < -0.39 is 30.5 Å². The number of hydrogen-bond donors (Lipinski definition) is 3.